The second-order valence-corrected chi connectivity index (χ2v) is 11.6. The fraction of sp³-hybridized carbons (Fsp3) is 0.417. The summed E-state index contributed by atoms with van der Waals surface area (Å²) in [6.07, 6.45) is 1.22. The van der Waals surface area contributed by atoms with E-state index in [9.17, 15) is 13.2 Å². The maximum Gasteiger partial charge on any atom is 0.243 e. The summed E-state index contributed by atoms with van der Waals surface area (Å²) in [5.74, 6) is 0.489. The van der Waals surface area contributed by atoms with Crippen LogP contribution in [0.25, 0.3) is 10.2 Å². The Morgan fingerprint density at radius 2 is 1.79 bits per heavy atom. The lowest BCUT2D eigenvalue weighted by atomic mass is 10.2. The van der Waals surface area contributed by atoms with Crippen LogP contribution in [-0.2, 0) is 14.8 Å². The van der Waals surface area contributed by atoms with E-state index in [1.807, 2.05) is 6.07 Å². The number of piperazine rings is 1. The quantitative estimate of drug-likeness (QED) is 0.535. The van der Waals surface area contributed by atoms with Crippen molar-refractivity contribution >= 4 is 42.6 Å². The van der Waals surface area contributed by atoms with E-state index in [1.54, 1.807) is 28.4 Å². The lowest BCUT2D eigenvalue weighted by Crippen LogP contribution is -2.54. The summed E-state index contributed by atoms with van der Waals surface area (Å²) in [6, 6.07) is 11.9. The molecule has 0 saturated carbocycles. The Hall–Kier alpha value is -2.69. The van der Waals surface area contributed by atoms with Gasteiger partial charge in [0.15, 0.2) is 5.13 Å². The Bertz CT molecular complexity index is 1300. The van der Waals surface area contributed by atoms with Crippen molar-refractivity contribution in [3.63, 3.8) is 0 Å². The number of methoxy groups -OCH3 is 1. The van der Waals surface area contributed by atoms with Gasteiger partial charge in [0, 0.05) is 32.7 Å². The fourth-order valence-corrected chi connectivity index (χ4v) is 7.41. The third-order valence-corrected chi connectivity index (χ3v) is 9.55. The molecule has 0 aliphatic carbocycles. The molecule has 2 aliphatic rings. The third-order valence-electron chi connectivity index (χ3n) is 6.55. The topological polar surface area (TPSA) is 83.0 Å². The number of hydrogen-bond donors (Lipinski definition) is 0. The van der Waals surface area contributed by atoms with E-state index in [2.05, 4.69) is 24.0 Å². The van der Waals surface area contributed by atoms with E-state index in [0.29, 0.717) is 51.3 Å². The van der Waals surface area contributed by atoms with Crippen molar-refractivity contribution in [1.29, 1.82) is 0 Å². The van der Waals surface area contributed by atoms with Gasteiger partial charge < -0.3 is 14.5 Å². The van der Waals surface area contributed by atoms with Crippen LogP contribution < -0.4 is 9.64 Å². The summed E-state index contributed by atoms with van der Waals surface area (Å²) in [7, 11) is -2.22. The number of amides is 1. The molecule has 0 bridgehead atoms. The Balaban J connectivity index is 1.26. The number of thiazole rings is 1. The molecule has 1 unspecified atom stereocenters. The van der Waals surface area contributed by atoms with Crippen LogP contribution in [0.1, 0.15) is 18.4 Å². The monoisotopic (exact) mass is 500 g/mol. The van der Waals surface area contributed by atoms with Gasteiger partial charge in [-0.05, 0) is 61.7 Å². The van der Waals surface area contributed by atoms with E-state index in [4.69, 9.17) is 9.72 Å². The SMILES string of the molecule is COc1ccc(S(=O)(=O)N2CCCC2C(=O)N2CCN(c3nc4ccc(C)cc4s3)CC2)cc1. The van der Waals surface area contributed by atoms with E-state index >= 15 is 0 Å². The number of rotatable bonds is 5. The Kier molecular flexibility index (Phi) is 6.22. The van der Waals surface area contributed by atoms with Crippen molar-refractivity contribution in [2.75, 3.05) is 44.7 Å². The summed E-state index contributed by atoms with van der Waals surface area (Å²) in [4.78, 5) is 22.3. The summed E-state index contributed by atoms with van der Waals surface area (Å²) in [6.45, 7) is 4.91. The van der Waals surface area contributed by atoms with E-state index in [-0.39, 0.29) is 10.8 Å². The van der Waals surface area contributed by atoms with Gasteiger partial charge in [-0.1, -0.05) is 17.4 Å². The zero-order valence-corrected chi connectivity index (χ0v) is 20.9. The van der Waals surface area contributed by atoms with Crippen LogP contribution in [0.5, 0.6) is 5.75 Å². The largest absolute Gasteiger partial charge is 0.497 e. The first kappa shape index (κ1) is 23.1. The zero-order valence-electron chi connectivity index (χ0n) is 19.3. The number of hydrogen-bond acceptors (Lipinski definition) is 7. The highest BCUT2D eigenvalue weighted by Crippen LogP contribution is 2.31. The Morgan fingerprint density at radius 1 is 1.06 bits per heavy atom. The molecule has 0 radical (unpaired) electrons. The van der Waals surface area contributed by atoms with Gasteiger partial charge in [0.1, 0.15) is 11.8 Å². The zero-order chi connectivity index (χ0) is 23.9. The lowest BCUT2D eigenvalue weighted by molar-refractivity contribution is -0.134. The fourth-order valence-electron chi connectivity index (χ4n) is 4.64. The van der Waals surface area contributed by atoms with Gasteiger partial charge >= 0.3 is 0 Å². The molecule has 2 fully saturated rings. The molecule has 1 amide bonds. The number of carbonyl (C=O) groups excluding carboxylic acids is 1. The first-order valence-corrected chi connectivity index (χ1v) is 13.7. The standard InChI is InChI=1S/C24H28N4O4S2/c1-17-5-10-20-22(16-17)33-24(25-20)27-14-12-26(13-15-27)23(29)21-4-3-11-28(21)34(30,31)19-8-6-18(32-2)7-9-19/h5-10,16,21H,3-4,11-15H2,1-2H3. The van der Waals surface area contributed by atoms with Crippen LogP contribution in [0, 0.1) is 6.92 Å². The molecule has 5 rings (SSSR count). The molecule has 1 atom stereocenters. The number of benzene rings is 2. The minimum atomic E-state index is -3.76. The van der Waals surface area contributed by atoms with Crippen molar-refractivity contribution in [3.8, 4) is 5.75 Å². The lowest BCUT2D eigenvalue weighted by Gasteiger charge is -2.37. The molecule has 2 aromatic carbocycles. The average molecular weight is 501 g/mol. The number of fused-ring (bicyclic) bond motifs is 1. The molecule has 8 nitrogen and oxygen atoms in total. The van der Waals surface area contributed by atoms with Crippen LogP contribution in [0.4, 0.5) is 5.13 Å². The van der Waals surface area contributed by atoms with Crippen LogP contribution >= 0.6 is 11.3 Å². The Morgan fingerprint density at radius 3 is 2.50 bits per heavy atom. The highest BCUT2D eigenvalue weighted by atomic mass is 32.2. The van der Waals surface area contributed by atoms with Gasteiger partial charge in [-0.2, -0.15) is 4.31 Å². The predicted octanol–water partition coefficient (Wildman–Crippen LogP) is 3.12. The minimum Gasteiger partial charge on any atom is -0.497 e. The molecule has 3 aromatic rings. The van der Waals surface area contributed by atoms with Crippen molar-refractivity contribution in [2.24, 2.45) is 0 Å². The van der Waals surface area contributed by atoms with Gasteiger partial charge in [0.25, 0.3) is 0 Å². The number of anilines is 1. The molecule has 10 heteroatoms. The molecular formula is C24H28N4O4S2. The summed E-state index contributed by atoms with van der Waals surface area (Å²) in [5, 5.41) is 0.970. The van der Waals surface area contributed by atoms with Crippen LogP contribution in [0.2, 0.25) is 0 Å². The van der Waals surface area contributed by atoms with E-state index in [1.165, 1.54) is 33.8 Å². The normalized spacial score (nSPS) is 19.6. The van der Waals surface area contributed by atoms with Crippen molar-refractivity contribution < 1.29 is 17.9 Å². The summed E-state index contributed by atoms with van der Waals surface area (Å²) in [5.41, 5.74) is 2.21. The maximum atomic E-state index is 13.4. The molecule has 0 spiro atoms. The van der Waals surface area contributed by atoms with Gasteiger partial charge in [-0.3, -0.25) is 4.79 Å². The van der Waals surface area contributed by atoms with Gasteiger partial charge in [0.05, 0.1) is 22.2 Å². The average Bonchev–Trinajstić information content (AvgIpc) is 3.51. The molecule has 34 heavy (non-hydrogen) atoms. The molecule has 2 saturated heterocycles. The van der Waals surface area contributed by atoms with Gasteiger partial charge in [-0.15, -0.1) is 0 Å². The van der Waals surface area contributed by atoms with E-state index < -0.39 is 16.1 Å². The smallest absolute Gasteiger partial charge is 0.243 e. The molecule has 2 aliphatic heterocycles. The second-order valence-electron chi connectivity index (χ2n) is 8.73. The highest BCUT2D eigenvalue weighted by molar-refractivity contribution is 7.89. The molecular weight excluding hydrogens is 472 g/mol. The van der Waals surface area contributed by atoms with Crippen molar-refractivity contribution in [3.05, 3.63) is 48.0 Å². The number of aromatic nitrogens is 1. The molecule has 180 valence electrons. The minimum absolute atomic E-state index is 0.103. The highest BCUT2D eigenvalue weighted by Gasteiger charge is 2.41. The van der Waals surface area contributed by atoms with Crippen LogP contribution in [0.3, 0.4) is 0 Å². The molecule has 3 heterocycles. The molecule has 1 aromatic heterocycles. The summed E-state index contributed by atoms with van der Waals surface area (Å²) < 4.78 is 34.2. The second kappa shape index (κ2) is 9.16. The first-order chi connectivity index (χ1) is 16.4. The van der Waals surface area contributed by atoms with E-state index in [0.717, 1.165) is 10.6 Å². The number of carbonyl (C=O) groups is 1. The number of sulfonamides is 1. The molecule has 0 N–H and O–H groups in total. The van der Waals surface area contributed by atoms with Crippen LogP contribution in [0.15, 0.2) is 47.4 Å². The summed E-state index contributed by atoms with van der Waals surface area (Å²) >= 11 is 1.67. The van der Waals surface area contributed by atoms with Gasteiger partial charge in [-0.25, -0.2) is 13.4 Å². The Labute approximate surface area is 203 Å². The predicted molar refractivity (Wildman–Crippen MR) is 133 cm³/mol. The first-order valence-electron chi connectivity index (χ1n) is 11.4. The third kappa shape index (κ3) is 4.25. The van der Waals surface area contributed by atoms with Gasteiger partial charge in [0.2, 0.25) is 15.9 Å². The number of ether oxygens (including phenoxy) is 1. The maximum absolute atomic E-state index is 13.4. The van der Waals surface area contributed by atoms with Crippen molar-refractivity contribution in [2.45, 2.75) is 30.7 Å². The number of aryl methyl sites for hydroxylation is 1. The van der Waals surface area contributed by atoms with Crippen molar-refractivity contribution in [1.82, 2.24) is 14.2 Å². The van der Waals surface area contributed by atoms with Crippen LogP contribution in [-0.4, -0.2) is 74.4 Å². The number of nitrogens with zero attached hydrogens (tertiary/aromatic N) is 4.